The molecule has 5 N–H and O–H groups in total. The fourth-order valence-electron chi connectivity index (χ4n) is 4.79. The molecule has 0 saturated heterocycles. The van der Waals surface area contributed by atoms with Gasteiger partial charge in [0.05, 0.1) is 18.1 Å². The third-order valence-electron chi connectivity index (χ3n) is 6.85. The summed E-state index contributed by atoms with van der Waals surface area (Å²) in [6.45, 7) is 5.75. The highest BCUT2D eigenvalue weighted by Gasteiger charge is 2.31. The Bertz CT molecular complexity index is 1420. The summed E-state index contributed by atoms with van der Waals surface area (Å²) >= 11 is 0. The van der Waals surface area contributed by atoms with Crippen LogP contribution >= 0.6 is 0 Å². The number of nitrogens with one attached hydrogen (secondary N) is 2. The van der Waals surface area contributed by atoms with E-state index >= 15 is 0 Å². The summed E-state index contributed by atoms with van der Waals surface area (Å²) in [7, 11) is -3.89. The number of rotatable bonds is 15. The number of ether oxygens (including phenoxy) is 1. The van der Waals surface area contributed by atoms with Crippen LogP contribution in [-0.2, 0) is 26.0 Å². The molecular weight excluding hydrogens is 556 g/mol. The number of hydrogen-bond acceptors (Lipinski definition) is 7. The predicted octanol–water partition coefficient (Wildman–Crippen LogP) is 3.68. The Kier molecular flexibility index (Phi) is 12.1. The van der Waals surface area contributed by atoms with Crippen molar-refractivity contribution in [3.8, 4) is 0 Å². The van der Waals surface area contributed by atoms with E-state index in [2.05, 4.69) is 10.6 Å². The average Bonchev–Trinajstić information content (AvgIpc) is 2.96. The second-order valence-electron chi connectivity index (χ2n) is 10.6. The van der Waals surface area contributed by atoms with E-state index in [0.29, 0.717) is 18.5 Å². The largest absolute Gasteiger partial charge is 0.450 e. The second kappa shape index (κ2) is 15.5. The molecular formula is C31H42N4O6S. The number of carbonyl (C=O) groups excluding carboxylic acids is 2. The summed E-state index contributed by atoms with van der Waals surface area (Å²) < 4.78 is 33.3. The first-order chi connectivity index (χ1) is 20.1. The molecule has 0 aromatic heterocycles. The topological polar surface area (TPSA) is 151 Å². The summed E-state index contributed by atoms with van der Waals surface area (Å²) in [6.07, 6.45) is 0.295. The Morgan fingerprint density at radius 3 is 2.38 bits per heavy atom. The van der Waals surface area contributed by atoms with E-state index in [9.17, 15) is 23.1 Å². The molecule has 42 heavy (non-hydrogen) atoms. The molecule has 0 spiro atoms. The lowest BCUT2D eigenvalue weighted by molar-refractivity contribution is -0.123. The van der Waals surface area contributed by atoms with E-state index in [0.717, 1.165) is 16.3 Å². The van der Waals surface area contributed by atoms with E-state index in [4.69, 9.17) is 10.5 Å². The fourth-order valence-corrected chi connectivity index (χ4v) is 6.60. The first-order valence-electron chi connectivity index (χ1n) is 14.2. The van der Waals surface area contributed by atoms with E-state index in [1.54, 1.807) is 6.92 Å². The highest BCUT2D eigenvalue weighted by Crippen LogP contribution is 2.23. The van der Waals surface area contributed by atoms with Crippen molar-refractivity contribution in [1.29, 1.82) is 0 Å². The Hall–Kier alpha value is -3.67. The van der Waals surface area contributed by atoms with Gasteiger partial charge in [-0.15, -0.1) is 0 Å². The number of aliphatic hydroxyl groups excluding tert-OH is 1. The molecule has 3 aromatic rings. The van der Waals surface area contributed by atoms with Crippen molar-refractivity contribution in [2.45, 2.75) is 57.0 Å². The monoisotopic (exact) mass is 598 g/mol. The molecule has 0 aliphatic heterocycles. The molecule has 0 aliphatic rings. The zero-order valence-corrected chi connectivity index (χ0v) is 25.3. The van der Waals surface area contributed by atoms with Crippen molar-refractivity contribution >= 4 is 38.5 Å². The molecule has 0 heterocycles. The standard InChI is InChI=1S/C31H42N4O6S/c1-4-41-31(38)34-29(19-24-11-7-10-23-9-5-6-13-28(23)24)30(37)33-18-8-12-26(21-36)35(20-22(2)3)42(39,40)27-16-14-25(32)15-17-27/h5-7,9-11,13-17,22,26,29,36H,4,8,12,18-21,32H2,1-3H3,(H,33,37)(H,34,38)/t26-,29-/m0/s1. The highest BCUT2D eigenvalue weighted by atomic mass is 32.2. The molecule has 0 aliphatic carbocycles. The maximum atomic E-state index is 13.5. The first-order valence-corrected chi connectivity index (χ1v) is 15.7. The average molecular weight is 599 g/mol. The molecule has 2 atom stereocenters. The molecule has 0 radical (unpaired) electrons. The normalized spacial score (nSPS) is 13.2. The van der Waals surface area contributed by atoms with Gasteiger partial charge in [-0.25, -0.2) is 13.2 Å². The SMILES string of the molecule is CCOC(=O)N[C@@H](Cc1cccc2ccccc12)C(=O)NCCC[C@@H](CO)N(CC(C)C)S(=O)(=O)c1ccc(N)cc1. The van der Waals surface area contributed by atoms with Gasteiger partial charge in [-0.3, -0.25) is 4.79 Å². The minimum absolute atomic E-state index is 0.0195. The molecule has 11 heteroatoms. The summed E-state index contributed by atoms with van der Waals surface area (Å²) in [5.74, 6) is -0.365. The van der Waals surface area contributed by atoms with Crippen LogP contribution < -0.4 is 16.4 Å². The van der Waals surface area contributed by atoms with E-state index < -0.39 is 28.2 Å². The summed E-state index contributed by atoms with van der Waals surface area (Å²) in [5.41, 5.74) is 7.09. The molecule has 0 fully saturated rings. The number of carbonyl (C=O) groups is 2. The third-order valence-corrected chi connectivity index (χ3v) is 8.78. The van der Waals surface area contributed by atoms with Crippen LogP contribution in [0.4, 0.5) is 10.5 Å². The Labute approximate surface area is 248 Å². The number of aliphatic hydroxyl groups is 1. The van der Waals surface area contributed by atoms with Gasteiger partial charge in [0.15, 0.2) is 0 Å². The first kappa shape index (κ1) is 32.8. The molecule has 3 aromatic carbocycles. The predicted molar refractivity (Wildman–Crippen MR) is 164 cm³/mol. The van der Waals surface area contributed by atoms with Crippen molar-refractivity contribution in [3.63, 3.8) is 0 Å². The number of amides is 2. The van der Waals surface area contributed by atoms with Crippen LogP contribution in [0, 0.1) is 5.92 Å². The van der Waals surface area contributed by atoms with Gasteiger partial charge in [0, 0.05) is 31.2 Å². The molecule has 0 unspecified atom stereocenters. The molecule has 0 saturated carbocycles. The summed E-state index contributed by atoms with van der Waals surface area (Å²) in [5, 5.41) is 17.7. The molecule has 2 amide bonds. The van der Waals surface area contributed by atoms with Crippen LogP contribution in [0.1, 0.15) is 39.2 Å². The number of alkyl carbamates (subject to hydrolysis) is 1. The van der Waals surface area contributed by atoms with Crippen LogP contribution in [0.3, 0.4) is 0 Å². The Morgan fingerprint density at radius 1 is 1.02 bits per heavy atom. The lowest BCUT2D eigenvalue weighted by Gasteiger charge is -2.31. The van der Waals surface area contributed by atoms with Crippen LogP contribution in [0.5, 0.6) is 0 Å². The van der Waals surface area contributed by atoms with Gasteiger partial charge in [-0.1, -0.05) is 56.3 Å². The van der Waals surface area contributed by atoms with Gasteiger partial charge in [0.25, 0.3) is 0 Å². The zero-order valence-electron chi connectivity index (χ0n) is 24.5. The smallest absolute Gasteiger partial charge is 0.407 e. The third kappa shape index (κ3) is 8.91. The van der Waals surface area contributed by atoms with Crippen LogP contribution in [0.25, 0.3) is 10.8 Å². The minimum atomic E-state index is -3.89. The van der Waals surface area contributed by atoms with Crippen LogP contribution in [-0.4, -0.2) is 68.2 Å². The second-order valence-corrected chi connectivity index (χ2v) is 12.5. The van der Waals surface area contributed by atoms with E-state index in [-0.39, 0.29) is 49.4 Å². The number of hydrogen-bond donors (Lipinski definition) is 4. The van der Waals surface area contributed by atoms with E-state index in [1.807, 2.05) is 56.3 Å². The lowest BCUT2D eigenvalue weighted by atomic mass is 9.98. The number of nitrogens with two attached hydrogens (primary N) is 1. The van der Waals surface area contributed by atoms with Crippen molar-refractivity contribution in [3.05, 3.63) is 72.3 Å². The Morgan fingerprint density at radius 2 is 1.71 bits per heavy atom. The summed E-state index contributed by atoms with van der Waals surface area (Å²) in [6, 6.07) is 18.1. The molecule has 228 valence electrons. The fraction of sp³-hybridized carbons (Fsp3) is 0.419. The Balaban J connectivity index is 1.69. The maximum Gasteiger partial charge on any atom is 0.407 e. The number of sulfonamides is 1. The summed E-state index contributed by atoms with van der Waals surface area (Å²) in [4.78, 5) is 25.6. The van der Waals surface area contributed by atoms with Gasteiger partial charge in [-0.05, 0) is 66.3 Å². The quantitative estimate of drug-likeness (QED) is 0.154. The van der Waals surface area contributed by atoms with Gasteiger partial charge in [0.2, 0.25) is 15.9 Å². The molecule has 0 bridgehead atoms. The lowest BCUT2D eigenvalue weighted by Crippen LogP contribution is -2.48. The number of nitrogen functional groups attached to an aromatic ring is 1. The van der Waals surface area contributed by atoms with Crippen LogP contribution in [0.2, 0.25) is 0 Å². The molecule has 3 rings (SSSR count). The van der Waals surface area contributed by atoms with Crippen molar-refractivity contribution in [2.24, 2.45) is 5.92 Å². The van der Waals surface area contributed by atoms with Crippen LogP contribution in [0.15, 0.2) is 71.6 Å². The molecule has 10 nitrogen and oxygen atoms in total. The van der Waals surface area contributed by atoms with Crippen molar-refractivity contribution in [2.75, 3.05) is 32.0 Å². The van der Waals surface area contributed by atoms with Crippen molar-refractivity contribution < 1.29 is 27.9 Å². The minimum Gasteiger partial charge on any atom is -0.450 e. The number of fused-ring (bicyclic) bond motifs is 1. The highest BCUT2D eigenvalue weighted by molar-refractivity contribution is 7.89. The van der Waals surface area contributed by atoms with Crippen molar-refractivity contribution in [1.82, 2.24) is 14.9 Å². The van der Waals surface area contributed by atoms with Gasteiger partial charge < -0.3 is 26.2 Å². The number of benzene rings is 3. The van der Waals surface area contributed by atoms with E-state index in [1.165, 1.54) is 28.6 Å². The number of anilines is 1. The zero-order chi connectivity index (χ0) is 30.7. The van der Waals surface area contributed by atoms with Gasteiger partial charge in [-0.2, -0.15) is 4.31 Å². The van der Waals surface area contributed by atoms with Gasteiger partial charge >= 0.3 is 6.09 Å². The number of nitrogens with zero attached hydrogens (tertiary/aromatic N) is 1. The maximum absolute atomic E-state index is 13.5. The van der Waals surface area contributed by atoms with Gasteiger partial charge in [0.1, 0.15) is 6.04 Å².